The molecular weight excluding hydrogens is 368 g/mol. The van der Waals surface area contributed by atoms with Crippen LogP contribution in [0.4, 0.5) is 0 Å². The molecule has 8 heteroatoms. The fourth-order valence-corrected chi connectivity index (χ4v) is 3.42. The summed E-state index contributed by atoms with van der Waals surface area (Å²) in [4.78, 5) is 15.5. The topological polar surface area (TPSA) is 123 Å². The van der Waals surface area contributed by atoms with E-state index in [0.29, 0.717) is 12.8 Å². The van der Waals surface area contributed by atoms with E-state index in [1.165, 1.54) is 24.6 Å². The lowest BCUT2D eigenvalue weighted by Gasteiger charge is -2.13. The van der Waals surface area contributed by atoms with Crippen LogP contribution < -0.4 is 5.14 Å². The average Bonchev–Trinajstić information content (AvgIpc) is 3.16. The quantitative estimate of drug-likeness (QED) is 0.643. The number of primary sulfonamides is 1. The highest BCUT2D eigenvalue weighted by Gasteiger charge is 2.24. The molecule has 0 saturated carbocycles. The first-order chi connectivity index (χ1) is 12.9. The van der Waals surface area contributed by atoms with Gasteiger partial charge < -0.3 is 9.52 Å². The molecule has 0 bridgehead atoms. The van der Waals surface area contributed by atoms with Crippen molar-refractivity contribution in [1.29, 1.82) is 0 Å². The second-order valence-corrected chi connectivity index (χ2v) is 7.59. The van der Waals surface area contributed by atoms with Gasteiger partial charge in [-0.25, -0.2) is 18.5 Å². The number of nitrogens with zero attached hydrogens (tertiary/aromatic N) is 1. The van der Waals surface area contributed by atoms with Crippen molar-refractivity contribution in [2.75, 3.05) is 0 Å². The number of carbonyl (C=O) groups is 1. The van der Waals surface area contributed by atoms with Crippen molar-refractivity contribution in [3.63, 3.8) is 0 Å². The van der Waals surface area contributed by atoms with Gasteiger partial charge in [-0.2, -0.15) is 0 Å². The lowest BCUT2D eigenvalue weighted by Crippen LogP contribution is -2.13. The van der Waals surface area contributed by atoms with E-state index in [1.54, 1.807) is 12.1 Å². The third kappa shape index (κ3) is 4.42. The number of hydrogen-bond acceptors (Lipinski definition) is 5. The molecule has 0 saturated heterocycles. The summed E-state index contributed by atoms with van der Waals surface area (Å²) in [5.41, 5.74) is 2.66. The van der Waals surface area contributed by atoms with Crippen molar-refractivity contribution >= 4 is 16.0 Å². The number of oxazole rings is 1. The Labute approximate surface area is 156 Å². The standard InChI is InChI=1S/C19H18N2O5S/c20-27(24,25)15-8-5-14(6-9-15)16-4-2-1-3-13(16)7-10-17(19(22)23)18-21-11-12-26-18/h1-6,8-9,11-12,17H,7,10H2,(H,22,23)(H2,20,24,25). The molecule has 27 heavy (non-hydrogen) atoms. The molecule has 1 atom stereocenters. The van der Waals surface area contributed by atoms with E-state index in [9.17, 15) is 18.3 Å². The third-order valence-electron chi connectivity index (χ3n) is 4.26. The average molecular weight is 386 g/mol. The second kappa shape index (κ2) is 7.73. The van der Waals surface area contributed by atoms with Gasteiger partial charge in [0.25, 0.3) is 0 Å². The first-order valence-corrected chi connectivity index (χ1v) is 9.74. The molecule has 0 amide bonds. The van der Waals surface area contributed by atoms with Gasteiger partial charge >= 0.3 is 5.97 Å². The van der Waals surface area contributed by atoms with Gasteiger partial charge in [-0.1, -0.05) is 36.4 Å². The van der Waals surface area contributed by atoms with Crippen LogP contribution in [0.2, 0.25) is 0 Å². The van der Waals surface area contributed by atoms with Crippen LogP contribution in [0, 0.1) is 0 Å². The zero-order chi connectivity index (χ0) is 19.4. The molecule has 140 valence electrons. The summed E-state index contributed by atoms with van der Waals surface area (Å²) in [6.45, 7) is 0. The molecular formula is C19H18N2O5S. The zero-order valence-corrected chi connectivity index (χ0v) is 15.1. The van der Waals surface area contributed by atoms with Crippen LogP contribution in [0.25, 0.3) is 11.1 Å². The molecule has 0 spiro atoms. The normalized spacial score (nSPS) is 12.6. The van der Waals surface area contributed by atoms with Crippen LogP contribution >= 0.6 is 0 Å². The van der Waals surface area contributed by atoms with Crippen LogP contribution in [0.5, 0.6) is 0 Å². The van der Waals surface area contributed by atoms with Gasteiger partial charge in [0.05, 0.1) is 11.1 Å². The van der Waals surface area contributed by atoms with Gasteiger partial charge in [0.15, 0.2) is 0 Å². The molecule has 1 unspecified atom stereocenters. The predicted molar refractivity (Wildman–Crippen MR) is 98.5 cm³/mol. The summed E-state index contributed by atoms with van der Waals surface area (Å²) in [5, 5.41) is 14.6. The maximum Gasteiger partial charge on any atom is 0.315 e. The Hall–Kier alpha value is -2.97. The summed E-state index contributed by atoms with van der Waals surface area (Å²) in [5.74, 6) is -1.65. The van der Waals surface area contributed by atoms with E-state index < -0.39 is 21.9 Å². The number of aliphatic carboxylic acids is 1. The van der Waals surface area contributed by atoms with Crippen molar-refractivity contribution in [3.05, 3.63) is 72.4 Å². The van der Waals surface area contributed by atoms with Crippen molar-refractivity contribution in [3.8, 4) is 11.1 Å². The van der Waals surface area contributed by atoms with Crippen LogP contribution in [0.15, 0.2) is 70.3 Å². The Morgan fingerprint density at radius 3 is 2.44 bits per heavy atom. The highest BCUT2D eigenvalue weighted by Crippen LogP contribution is 2.28. The molecule has 3 N–H and O–H groups in total. The number of hydrogen-bond donors (Lipinski definition) is 2. The molecule has 3 aromatic rings. The monoisotopic (exact) mass is 386 g/mol. The van der Waals surface area contributed by atoms with Crippen molar-refractivity contribution in [2.24, 2.45) is 5.14 Å². The van der Waals surface area contributed by atoms with Crippen LogP contribution in [-0.2, 0) is 21.2 Å². The van der Waals surface area contributed by atoms with E-state index in [4.69, 9.17) is 9.56 Å². The number of aromatic nitrogens is 1. The molecule has 2 aromatic carbocycles. The van der Waals surface area contributed by atoms with Gasteiger partial charge in [0, 0.05) is 0 Å². The third-order valence-corrected chi connectivity index (χ3v) is 5.19. The van der Waals surface area contributed by atoms with E-state index >= 15 is 0 Å². The summed E-state index contributed by atoms with van der Waals surface area (Å²) in [6.07, 6.45) is 3.59. The second-order valence-electron chi connectivity index (χ2n) is 6.03. The highest BCUT2D eigenvalue weighted by molar-refractivity contribution is 7.89. The Balaban J connectivity index is 1.85. The van der Waals surface area contributed by atoms with E-state index in [0.717, 1.165) is 16.7 Å². The molecule has 0 radical (unpaired) electrons. The van der Waals surface area contributed by atoms with Crippen molar-refractivity contribution in [2.45, 2.75) is 23.7 Å². The van der Waals surface area contributed by atoms with E-state index in [-0.39, 0.29) is 10.8 Å². The summed E-state index contributed by atoms with van der Waals surface area (Å²) >= 11 is 0. The van der Waals surface area contributed by atoms with Crippen LogP contribution in [-0.4, -0.2) is 24.5 Å². The van der Waals surface area contributed by atoms with Gasteiger partial charge in [0.1, 0.15) is 12.2 Å². The van der Waals surface area contributed by atoms with Gasteiger partial charge in [0.2, 0.25) is 15.9 Å². The summed E-state index contributed by atoms with van der Waals surface area (Å²) in [7, 11) is -3.75. The number of benzene rings is 2. The molecule has 0 aliphatic carbocycles. The number of sulfonamides is 1. The molecule has 0 aliphatic heterocycles. The smallest absolute Gasteiger partial charge is 0.315 e. The molecule has 7 nitrogen and oxygen atoms in total. The number of carboxylic acid groups (broad SMARTS) is 1. The number of nitrogens with two attached hydrogens (primary N) is 1. The van der Waals surface area contributed by atoms with Crippen LogP contribution in [0.1, 0.15) is 23.8 Å². The minimum Gasteiger partial charge on any atom is -0.481 e. The Morgan fingerprint density at radius 2 is 1.85 bits per heavy atom. The Morgan fingerprint density at radius 1 is 1.15 bits per heavy atom. The summed E-state index contributed by atoms with van der Waals surface area (Å²) in [6, 6.07) is 13.8. The fourth-order valence-electron chi connectivity index (χ4n) is 2.90. The van der Waals surface area contributed by atoms with E-state index in [1.807, 2.05) is 24.3 Å². The predicted octanol–water partition coefficient (Wildman–Crippen LogP) is 2.79. The van der Waals surface area contributed by atoms with E-state index in [2.05, 4.69) is 4.98 Å². The highest BCUT2D eigenvalue weighted by atomic mass is 32.2. The maximum atomic E-state index is 11.5. The number of carboxylic acids is 1. The Bertz CT molecular complexity index is 1030. The Kier molecular flexibility index (Phi) is 5.38. The first kappa shape index (κ1) is 18.8. The minimum absolute atomic E-state index is 0.0403. The molecule has 3 rings (SSSR count). The van der Waals surface area contributed by atoms with Crippen molar-refractivity contribution < 1.29 is 22.7 Å². The van der Waals surface area contributed by atoms with Gasteiger partial charge in [-0.05, 0) is 41.7 Å². The maximum absolute atomic E-state index is 11.5. The van der Waals surface area contributed by atoms with Crippen molar-refractivity contribution in [1.82, 2.24) is 4.98 Å². The zero-order valence-electron chi connectivity index (χ0n) is 14.3. The minimum atomic E-state index is -3.75. The summed E-state index contributed by atoms with van der Waals surface area (Å²) < 4.78 is 28.0. The lowest BCUT2D eigenvalue weighted by atomic mass is 9.93. The van der Waals surface area contributed by atoms with Crippen LogP contribution in [0.3, 0.4) is 0 Å². The number of rotatable bonds is 7. The lowest BCUT2D eigenvalue weighted by molar-refractivity contribution is -0.139. The SMILES string of the molecule is NS(=O)(=O)c1ccc(-c2ccccc2CCC(C(=O)O)c2ncco2)cc1. The number of aryl methyl sites for hydroxylation is 1. The molecule has 0 fully saturated rings. The van der Waals surface area contributed by atoms with Gasteiger partial charge in [-0.3, -0.25) is 4.79 Å². The largest absolute Gasteiger partial charge is 0.481 e. The fraction of sp³-hybridized carbons (Fsp3) is 0.158. The molecule has 0 aliphatic rings. The first-order valence-electron chi connectivity index (χ1n) is 8.19. The van der Waals surface area contributed by atoms with Gasteiger partial charge in [-0.15, -0.1) is 0 Å². The molecule has 1 aromatic heterocycles. The molecule has 1 heterocycles.